The fourth-order valence-corrected chi connectivity index (χ4v) is 3.51. The van der Waals surface area contributed by atoms with Crippen LogP contribution in [0, 0.1) is 0 Å². The second-order valence-corrected chi connectivity index (χ2v) is 7.23. The number of nitrogens with two attached hydrogens (primary N) is 1. The molecule has 0 aliphatic carbocycles. The third-order valence-corrected chi connectivity index (χ3v) is 4.81. The minimum Gasteiger partial charge on any atom is -0.340 e. The summed E-state index contributed by atoms with van der Waals surface area (Å²) in [6.07, 6.45) is 4.29. The summed E-state index contributed by atoms with van der Waals surface area (Å²) in [5.74, 6) is -0.530. The maximum Gasteiger partial charge on any atom is 0.237 e. The lowest BCUT2D eigenvalue weighted by molar-refractivity contribution is -0.129. The number of hydrogen-bond acceptors (Lipinski definition) is 4. The largest absolute Gasteiger partial charge is 0.340 e. The molecule has 1 fully saturated rings. The van der Waals surface area contributed by atoms with E-state index < -0.39 is 9.84 Å². The van der Waals surface area contributed by atoms with Crippen LogP contribution in [0.5, 0.6) is 0 Å². The molecule has 5 nitrogen and oxygen atoms in total. The number of halogens is 1. The van der Waals surface area contributed by atoms with Gasteiger partial charge in [-0.1, -0.05) is 19.8 Å². The third-order valence-electron chi connectivity index (χ3n) is 3.21. The highest BCUT2D eigenvalue weighted by molar-refractivity contribution is 7.92. The van der Waals surface area contributed by atoms with Gasteiger partial charge in [0, 0.05) is 19.1 Å². The van der Waals surface area contributed by atoms with Crippen molar-refractivity contribution in [3.8, 4) is 0 Å². The van der Waals surface area contributed by atoms with Crippen LogP contribution in [0.4, 0.5) is 0 Å². The highest BCUT2D eigenvalue weighted by Gasteiger charge is 2.25. The number of sulfone groups is 1. The van der Waals surface area contributed by atoms with E-state index >= 15 is 0 Å². The SMILES string of the molecule is CCCCCS(=O)(=O)CC(=O)N1CCCC(N)C1.Cl. The van der Waals surface area contributed by atoms with Crippen LogP contribution in [-0.2, 0) is 14.6 Å². The Balaban J connectivity index is 0.00000324. The Labute approximate surface area is 122 Å². The number of rotatable bonds is 6. The van der Waals surface area contributed by atoms with Crippen LogP contribution in [0.25, 0.3) is 0 Å². The summed E-state index contributed by atoms with van der Waals surface area (Å²) in [6, 6.07) is -0.00880. The maximum absolute atomic E-state index is 11.9. The van der Waals surface area contributed by atoms with Gasteiger partial charge in [-0.2, -0.15) is 0 Å². The summed E-state index contributed by atoms with van der Waals surface area (Å²) in [7, 11) is -3.25. The molecule has 2 N–H and O–H groups in total. The second-order valence-electron chi connectivity index (χ2n) is 5.04. The highest BCUT2D eigenvalue weighted by atomic mass is 35.5. The molecule has 7 heteroatoms. The molecule has 1 atom stereocenters. The zero-order chi connectivity index (χ0) is 13.6. The lowest BCUT2D eigenvalue weighted by atomic mass is 10.1. The van der Waals surface area contributed by atoms with Gasteiger partial charge in [0.1, 0.15) is 5.75 Å². The van der Waals surface area contributed by atoms with Crippen molar-refractivity contribution >= 4 is 28.2 Å². The van der Waals surface area contributed by atoms with Crippen LogP contribution in [0.3, 0.4) is 0 Å². The summed E-state index contributed by atoms with van der Waals surface area (Å²) in [5, 5.41) is 0. The maximum atomic E-state index is 11.9. The van der Waals surface area contributed by atoms with Crippen LogP contribution in [0.15, 0.2) is 0 Å². The summed E-state index contributed by atoms with van der Waals surface area (Å²) < 4.78 is 23.5. The standard InChI is InChI=1S/C12H24N2O3S.ClH/c1-2-3-4-8-18(16,17)10-12(15)14-7-5-6-11(13)9-14;/h11H,2-10,13H2,1H3;1H. The van der Waals surface area contributed by atoms with Crippen LogP contribution < -0.4 is 5.73 Å². The smallest absolute Gasteiger partial charge is 0.237 e. The second kappa shape index (κ2) is 8.76. The molecule has 0 aromatic carbocycles. The molecule has 0 spiro atoms. The third kappa shape index (κ3) is 7.13. The first-order valence-electron chi connectivity index (χ1n) is 6.68. The topological polar surface area (TPSA) is 80.5 Å². The van der Waals surface area contributed by atoms with E-state index in [2.05, 4.69) is 0 Å². The molecule has 1 unspecified atom stereocenters. The number of carbonyl (C=O) groups is 1. The average molecular weight is 313 g/mol. The molecule has 1 heterocycles. The van der Waals surface area contributed by atoms with Gasteiger partial charge in [-0.15, -0.1) is 12.4 Å². The molecule has 1 aliphatic rings. The summed E-state index contributed by atoms with van der Waals surface area (Å²) in [4.78, 5) is 13.5. The fraction of sp³-hybridized carbons (Fsp3) is 0.917. The minimum absolute atomic E-state index is 0. The van der Waals surface area contributed by atoms with Gasteiger partial charge in [0.05, 0.1) is 5.75 Å². The molecule has 0 aromatic rings. The van der Waals surface area contributed by atoms with Gasteiger partial charge in [-0.25, -0.2) is 8.42 Å². The molecule has 114 valence electrons. The molecule has 0 aromatic heterocycles. The molecule has 1 rings (SSSR count). The Bertz CT molecular complexity index is 373. The van der Waals surface area contributed by atoms with Crippen molar-refractivity contribution in [1.29, 1.82) is 0 Å². The van der Waals surface area contributed by atoms with Gasteiger partial charge in [-0.3, -0.25) is 4.79 Å². The van der Waals surface area contributed by atoms with E-state index in [0.29, 0.717) is 19.5 Å². The van der Waals surface area contributed by atoms with Crippen molar-refractivity contribution in [2.75, 3.05) is 24.6 Å². The van der Waals surface area contributed by atoms with Gasteiger partial charge in [-0.05, 0) is 19.3 Å². The lowest BCUT2D eigenvalue weighted by Crippen LogP contribution is -2.47. The lowest BCUT2D eigenvalue weighted by Gasteiger charge is -2.30. The molecule has 0 radical (unpaired) electrons. The predicted octanol–water partition coefficient (Wildman–Crippen LogP) is 0.963. The Morgan fingerprint density at radius 3 is 2.63 bits per heavy atom. The van der Waals surface area contributed by atoms with Crippen LogP contribution >= 0.6 is 12.4 Å². The Morgan fingerprint density at radius 2 is 2.05 bits per heavy atom. The van der Waals surface area contributed by atoms with Gasteiger partial charge < -0.3 is 10.6 Å². The zero-order valence-electron chi connectivity index (χ0n) is 11.5. The first kappa shape index (κ1) is 18.7. The van der Waals surface area contributed by atoms with E-state index in [1.807, 2.05) is 6.92 Å². The average Bonchev–Trinajstić information content (AvgIpc) is 2.28. The number of amides is 1. The van der Waals surface area contributed by atoms with Gasteiger partial charge >= 0.3 is 0 Å². The predicted molar refractivity (Wildman–Crippen MR) is 79.2 cm³/mol. The zero-order valence-corrected chi connectivity index (χ0v) is 13.1. The highest BCUT2D eigenvalue weighted by Crippen LogP contribution is 2.10. The van der Waals surface area contributed by atoms with Gasteiger partial charge in [0.25, 0.3) is 0 Å². The summed E-state index contributed by atoms with van der Waals surface area (Å²) >= 11 is 0. The fourth-order valence-electron chi connectivity index (χ4n) is 2.16. The van der Waals surface area contributed by atoms with Crippen molar-refractivity contribution in [2.24, 2.45) is 5.73 Å². The molecule has 1 aliphatic heterocycles. The van der Waals surface area contributed by atoms with Crippen molar-refractivity contribution in [3.63, 3.8) is 0 Å². The van der Waals surface area contributed by atoms with Crippen molar-refractivity contribution in [1.82, 2.24) is 4.90 Å². The van der Waals surface area contributed by atoms with Gasteiger partial charge in [0.2, 0.25) is 5.91 Å². The van der Waals surface area contributed by atoms with Crippen LogP contribution in [0.2, 0.25) is 0 Å². The summed E-state index contributed by atoms with van der Waals surface area (Å²) in [5.41, 5.74) is 5.78. The molecular weight excluding hydrogens is 288 g/mol. The van der Waals surface area contributed by atoms with Crippen molar-refractivity contribution in [3.05, 3.63) is 0 Å². The van der Waals surface area contributed by atoms with Crippen LogP contribution in [0.1, 0.15) is 39.0 Å². The minimum atomic E-state index is -3.25. The molecule has 1 saturated heterocycles. The first-order valence-corrected chi connectivity index (χ1v) is 8.50. The first-order chi connectivity index (χ1) is 8.44. The number of hydrogen-bond donors (Lipinski definition) is 1. The number of nitrogens with zero attached hydrogens (tertiary/aromatic N) is 1. The molecule has 19 heavy (non-hydrogen) atoms. The molecular formula is C12H25ClN2O3S. The number of likely N-dealkylation sites (tertiary alicyclic amines) is 1. The van der Waals surface area contributed by atoms with E-state index in [1.54, 1.807) is 4.90 Å². The Hall–Kier alpha value is -0.330. The normalized spacial score (nSPS) is 19.9. The number of piperidine rings is 1. The summed E-state index contributed by atoms with van der Waals surface area (Å²) in [6.45, 7) is 3.15. The van der Waals surface area contributed by atoms with E-state index in [-0.39, 0.29) is 35.9 Å². The molecule has 0 bridgehead atoms. The van der Waals surface area contributed by atoms with E-state index in [9.17, 15) is 13.2 Å². The monoisotopic (exact) mass is 312 g/mol. The van der Waals surface area contributed by atoms with Crippen molar-refractivity contribution < 1.29 is 13.2 Å². The molecule has 1 amide bonds. The van der Waals surface area contributed by atoms with E-state index in [0.717, 1.165) is 25.7 Å². The van der Waals surface area contributed by atoms with E-state index in [1.165, 1.54) is 0 Å². The Kier molecular flexibility index (Phi) is 8.61. The quantitative estimate of drug-likeness (QED) is 0.741. The number of carbonyl (C=O) groups excluding carboxylic acids is 1. The van der Waals surface area contributed by atoms with E-state index in [4.69, 9.17) is 5.73 Å². The number of unbranched alkanes of at least 4 members (excludes halogenated alkanes) is 2. The van der Waals surface area contributed by atoms with Crippen molar-refractivity contribution in [2.45, 2.75) is 45.1 Å². The van der Waals surface area contributed by atoms with Gasteiger partial charge in [0.15, 0.2) is 9.84 Å². The Morgan fingerprint density at radius 1 is 1.37 bits per heavy atom. The van der Waals surface area contributed by atoms with Crippen LogP contribution in [-0.4, -0.2) is 49.9 Å². The molecule has 0 saturated carbocycles.